The van der Waals surface area contributed by atoms with Crippen molar-refractivity contribution in [3.63, 3.8) is 0 Å². The van der Waals surface area contributed by atoms with Crippen LogP contribution in [0.2, 0.25) is 0 Å². The van der Waals surface area contributed by atoms with E-state index in [9.17, 15) is 0 Å². The van der Waals surface area contributed by atoms with E-state index in [4.69, 9.17) is 4.74 Å². The Morgan fingerprint density at radius 1 is 1.23 bits per heavy atom. The van der Waals surface area contributed by atoms with Crippen molar-refractivity contribution in [1.82, 2.24) is 0 Å². The molecule has 0 amide bonds. The summed E-state index contributed by atoms with van der Waals surface area (Å²) in [6, 6.07) is 8.30. The monoisotopic (exact) mass is 242 g/mol. The fourth-order valence-corrected chi connectivity index (χ4v) is 1.29. The Bertz CT molecular complexity index is 230. The normalized spacial score (nSPS) is 10.0. The first-order chi connectivity index (χ1) is 6.36. The lowest BCUT2D eigenvalue weighted by atomic mass is 10.2. The van der Waals surface area contributed by atoms with Gasteiger partial charge in [0.25, 0.3) is 0 Å². The molecule has 1 rings (SSSR count). The van der Waals surface area contributed by atoms with Crippen molar-refractivity contribution in [2.75, 3.05) is 11.9 Å². The van der Waals surface area contributed by atoms with Gasteiger partial charge in [0.15, 0.2) is 0 Å². The predicted molar refractivity (Wildman–Crippen MR) is 59.7 cm³/mol. The maximum Gasteiger partial charge on any atom is 0.119 e. The lowest BCUT2D eigenvalue weighted by molar-refractivity contribution is 0.319. The Morgan fingerprint density at radius 3 is 2.46 bits per heavy atom. The fourth-order valence-electron chi connectivity index (χ4n) is 1.07. The highest BCUT2D eigenvalue weighted by Crippen LogP contribution is 2.12. The van der Waals surface area contributed by atoms with E-state index in [0.29, 0.717) is 0 Å². The van der Waals surface area contributed by atoms with Gasteiger partial charge in [0.2, 0.25) is 0 Å². The molecular formula is C11H15BrO. The molecule has 0 aliphatic rings. The molecule has 0 aliphatic heterocycles. The van der Waals surface area contributed by atoms with Crippen molar-refractivity contribution in [2.45, 2.75) is 19.8 Å². The molecule has 13 heavy (non-hydrogen) atoms. The molecule has 0 heterocycles. The molecule has 1 nitrogen and oxygen atoms in total. The predicted octanol–water partition coefficient (Wildman–Crippen LogP) is 3.41. The third-order valence-corrected chi connectivity index (χ3v) is 2.44. The minimum atomic E-state index is 0.788. The quantitative estimate of drug-likeness (QED) is 0.568. The first-order valence-corrected chi connectivity index (χ1v) is 5.76. The molecule has 0 fully saturated rings. The van der Waals surface area contributed by atoms with Crippen molar-refractivity contribution in [3.05, 3.63) is 29.8 Å². The number of ether oxygens (including phenoxy) is 1. The van der Waals surface area contributed by atoms with Crippen molar-refractivity contribution >= 4 is 15.9 Å². The van der Waals surface area contributed by atoms with Crippen LogP contribution < -0.4 is 4.74 Å². The van der Waals surface area contributed by atoms with E-state index in [0.717, 1.165) is 30.5 Å². The van der Waals surface area contributed by atoms with E-state index in [-0.39, 0.29) is 0 Å². The van der Waals surface area contributed by atoms with Gasteiger partial charge in [0.1, 0.15) is 5.75 Å². The van der Waals surface area contributed by atoms with E-state index in [1.54, 1.807) is 0 Å². The average molecular weight is 243 g/mol. The van der Waals surface area contributed by atoms with Gasteiger partial charge in [0, 0.05) is 5.33 Å². The lowest BCUT2D eigenvalue weighted by Gasteiger charge is -2.05. The molecule has 1 aromatic carbocycles. The summed E-state index contributed by atoms with van der Waals surface area (Å²) in [4.78, 5) is 0. The van der Waals surface area contributed by atoms with Gasteiger partial charge < -0.3 is 4.74 Å². The summed E-state index contributed by atoms with van der Waals surface area (Å²) in [6.45, 7) is 2.94. The van der Waals surface area contributed by atoms with Crippen LogP contribution in [-0.4, -0.2) is 11.9 Å². The van der Waals surface area contributed by atoms with Crippen LogP contribution in [0.1, 0.15) is 18.9 Å². The molecule has 2 heteroatoms. The molecule has 0 saturated carbocycles. The second-order valence-corrected chi connectivity index (χ2v) is 3.68. The Hall–Kier alpha value is -0.500. The first-order valence-electron chi connectivity index (χ1n) is 4.64. The van der Waals surface area contributed by atoms with Crippen LogP contribution in [0.4, 0.5) is 0 Å². The van der Waals surface area contributed by atoms with Gasteiger partial charge in [-0.1, -0.05) is 35.0 Å². The van der Waals surface area contributed by atoms with E-state index in [2.05, 4.69) is 35.0 Å². The molecule has 0 bridgehead atoms. The van der Waals surface area contributed by atoms with Crippen molar-refractivity contribution in [2.24, 2.45) is 0 Å². The number of rotatable bonds is 5. The summed E-state index contributed by atoms with van der Waals surface area (Å²) in [7, 11) is 0. The summed E-state index contributed by atoms with van der Waals surface area (Å²) in [5.41, 5.74) is 1.35. The second-order valence-electron chi connectivity index (χ2n) is 2.89. The molecule has 0 aromatic heterocycles. The maximum atomic E-state index is 5.52. The molecule has 0 radical (unpaired) electrons. The molecular weight excluding hydrogens is 228 g/mol. The van der Waals surface area contributed by atoms with Gasteiger partial charge in [-0.05, 0) is 30.5 Å². The first kappa shape index (κ1) is 10.6. The Kier molecular flexibility index (Phi) is 4.91. The summed E-state index contributed by atoms with van der Waals surface area (Å²) in [6.07, 6.45) is 2.14. The molecule has 0 atom stereocenters. The van der Waals surface area contributed by atoms with Gasteiger partial charge in [-0.2, -0.15) is 0 Å². The number of hydrogen-bond donors (Lipinski definition) is 0. The molecule has 1 aromatic rings. The Morgan fingerprint density at radius 2 is 1.92 bits per heavy atom. The minimum Gasteiger partial charge on any atom is -0.494 e. The van der Waals surface area contributed by atoms with Crippen molar-refractivity contribution in [3.8, 4) is 5.75 Å². The zero-order chi connectivity index (χ0) is 9.52. The highest BCUT2D eigenvalue weighted by Gasteiger charge is 1.93. The number of alkyl halides is 1. The molecule has 0 aliphatic carbocycles. The third kappa shape index (κ3) is 3.81. The lowest BCUT2D eigenvalue weighted by Crippen LogP contribution is -1.97. The van der Waals surface area contributed by atoms with Gasteiger partial charge in [-0.25, -0.2) is 0 Å². The second kappa shape index (κ2) is 6.03. The molecule has 0 N–H and O–H groups in total. The van der Waals surface area contributed by atoms with Crippen LogP contribution in [0.25, 0.3) is 0 Å². The van der Waals surface area contributed by atoms with Crippen molar-refractivity contribution < 1.29 is 4.74 Å². The van der Waals surface area contributed by atoms with E-state index in [1.165, 1.54) is 5.56 Å². The van der Waals surface area contributed by atoms with Crippen LogP contribution in [0.5, 0.6) is 5.75 Å². The fraction of sp³-hybridized carbons (Fsp3) is 0.455. The molecule has 72 valence electrons. The van der Waals surface area contributed by atoms with Crippen molar-refractivity contribution in [1.29, 1.82) is 0 Å². The maximum absolute atomic E-state index is 5.52. The highest BCUT2D eigenvalue weighted by molar-refractivity contribution is 9.09. The zero-order valence-corrected chi connectivity index (χ0v) is 9.51. The molecule has 0 unspecified atom stereocenters. The van der Waals surface area contributed by atoms with Gasteiger partial charge in [0.05, 0.1) is 6.61 Å². The van der Waals surface area contributed by atoms with Crippen LogP contribution in [0, 0.1) is 0 Å². The van der Waals surface area contributed by atoms with Gasteiger partial charge >= 0.3 is 0 Å². The highest BCUT2D eigenvalue weighted by atomic mass is 79.9. The average Bonchev–Trinajstić information content (AvgIpc) is 2.19. The minimum absolute atomic E-state index is 0.788. The summed E-state index contributed by atoms with van der Waals surface area (Å²) < 4.78 is 5.52. The number of halogens is 1. The van der Waals surface area contributed by atoms with Gasteiger partial charge in [-0.15, -0.1) is 0 Å². The third-order valence-electron chi connectivity index (χ3n) is 1.88. The number of benzene rings is 1. The molecule has 0 spiro atoms. The van der Waals surface area contributed by atoms with Crippen LogP contribution >= 0.6 is 15.9 Å². The van der Waals surface area contributed by atoms with Crippen LogP contribution in [-0.2, 0) is 6.42 Å². The summed E-state index contributed by atoms with van der Waals surface area (Å²) in [5, 5.41) is 1.00. The Balaban J connectivity index is 2.40. The van der Waals surface area contributed by atoms with Gasteiger partial charge in [-0.3, -0.25) is 0 Å². The summed E-state index contributed by atoms with van der Waals surface area (Å²) >= 11 is 3.37. The number of hydrogen-bond acceptors (Lipinski definition) is 1. The largest absolute Gasteiger partial charge is 0.494 e. The van der Waals surface area contributed by atoms with Crippen LogP contribution in [0.3, 0.4) is 0 Å². The standard InChI is InChI=1S/C11H15BrO/c1-2-10-4-6-11(7-5-10)13-9-3-8-12/h4-7H,2-3,8-9H2,1H3. The topological polar surface area (TPSA) is 9.23 Å². The van der Waals surface area contributed by atoms with E-state index >= 15 is 0 Å². The number of aryl methyl sites for hydroxylation is 1. The Labute approximate surface area is 88.2 Å². The summed E-state index contributed by atoms with van der Waals surface area (Å²) in [5.74, 6) is 0.971. The SMILES string of the molecule is CCc1ccc(OCCCBr)cc1. The van der Waals surface area contributed by atoms with E-state index < -0.39 is 0 Å². The van der Waals surface area contributed by atoms with E-state index in [1.807, 2.05) is 12.1 Å². The smallest absolute Gasteiger partial charge is 0.119 e. The van der Waals surface area contributed by atoms with Crippen LogP contribution in [0.15, 0.2) is 24.3 Å². The zero-order valence-electron chi connectivity index (χ0n) is 7.92. The molecule has 0 saturated heterocycles.